The van der Waals surface area contributed by atoms with Crippen molar-refractivity contribution < 1.29 is 14.3 Å². The van der Waals surface area contributed by atoms with Gasteiger partial charge in [-0.05, 0) is 52.3 Å². The van der Waals surface area contributed by atoms with Gasteiger partial charge in [0.25, 0.3) is 0 Å². The summed E-state index contributed by atoms with van der Waals surface area (Å²) in [6, 6.07) is 7.72. The Balaban J connectivity index is 1.69. The van der Waals surface area contributed by atoms with Gasteiger partial charge in [-0.25, -0.2) is 14.8 Å². The first-order valence-electron chi connectivity index (χ1n) is 10.0. The number of carbonyl (C=O) groups excluding carboxylic acids is 2. The van der Waals surface area contributed by atoms with Gasteiger partial charge in [-0.2, -0.15) is 4.52 Å². The van der Waals surface area contributed by atoms with Gasteiger partial charge in [-0.1, -0.05) is 23.9 Å². The van der Waals surface area contributed by atoms with Crippen molar-refractivity contribution in [1.29, 1.82) is 0 Å². The first-order chi connectivity index (χ1) is 14.8. The van der Waals surface area contributed by atoms with E-state index >= 15 is 0 Å². The lowest BCUT2D eigenvalue weighted by molar-refractivity contribution is 0.0525. The normalized spacial score (nSPS) is 12.4. The third-order valence-electron chi connectivity index (χ3n) is 5.07. The topological polar surface area (TPSA) is 102 Å². The van der Waals surface area contributed by atoms with E-state index in [9.17, 15) is 9.59 Å². The van der Waals surface area contributed by atoms with Crippen molar-refractivity contribution in [2.75, 3.05) is 6.61 Å². The number of ether oxygens (including phenoxy) is 1. The van der Waals surface area contributed by atoms with Crippen LogP contribution in [0.15, 0.2) is 29.4 Å². The fraction of sp³-hybridized carbons (Fsp3) is 0.318. The Kier molecular flexibility index (Phi) is 5.53. The van der Waals surface area contributed by atoms with Crippen molar-refractivity contribution >= 4 is 40.1 Å². The molecular formula is C22H23N5O3S. The quantitative estimate of drug-likeness (QED) is 0.210. The summed E-state index contributed by atoms with van der Waals surface area (Å²) in [6.07, 6.45) is 0. The number of hydrogen-bond donors (Lipinski definition) is 1. The molecule has 0 saturated carbocycles. The molecule has 0 spiro atoms. The fourth-order valence-corrected chi connectivity index (χ4v) is 4.55. The van der Waals surface area contributed by atoms with Crippen molar-refractivity contribution in [1.82, 2.24) is 24.6 Å². The van der Waals surface area contributed by atoms with Crippen LogP contribution in [0.2, 0.25) is 0 Å². The van der Waals surface area contributed by atoms with E-state index in [1.807, 2.05) is 38.1 Å². The summed E-state index contributed by atoms with van der Waals surface area (Å²) >= 11 is 1.31. The second-order valence-corrected chi connectivity index (χ2v) is 8.58. The minimum Gasteiger partial charge on any atom is -0.462 e. The highest BCUT2D eigenvalue weighted by Gasteiger charge is 2.27. The minimum absolute atomic E-state index is 0.124. The van der Waals surface area contributed by atoms with Gasteiger partial charge in [0.1, 0.15) is 5.82 Å². The van der Waals surface area contributed by atoms with Gasteiger partial charge in [0.05, 0.1) is 28.6 Å². The van der Waals surface area contributed by atoms with Crippen LogP contribution in [-0.2, 0) is 4.74 Å². The number of rotatable bonds is 6. The zero-order valence-electron chi connectivity index (χ0n) is 18.0. The number of carbonyl (C=O) groups is 2. The first kappa shape index (κ1) is 21.0. The number of fused-ring (bicyclic) bond motifs is 3. The monoisotopic (exact) mass is 437 g/mol. The lowest BCUT2D eigenvalue weighted by atomic mass is 10.1. The number of hydrogen-bond acceptors (Lipinski definition) is 7. The van der Waals surface area contributed by atoms with Crippen molar-refractivity contribution in [2.24, 2.45) is 0 Å². The smallest absolute Gasteiger partial charge is 0.340 e. The maximum Gasteiger partial charge on any atom is 0.340 e. The molecule has 4 aromatic rings. The van der Waals surface area contributed by atoms with E-state index in [4.69, 9.17) is 9.72 Å². The van der Waals surface area contributed by atoms with Crippen LogP contribution in [0.1, 0.15) is 51.8 Å². The molecule has 4 rings (SSSR count). The van der Waals surface area contributed by atoms with Gasteiger partial charge in [0, 0.05) is 11.1 Å². The van der Waals surface area contributed by atoms with Crippen LogP contribution in [0.5, 0.6) is 0 Å². The van der Waals surface area contributed by atoms with Crippen LogP contribution in [0, 0.1) is 20.8 Å². The molecule has 9 heteroatoms. The number of nitrogens with one attached hydrogen (secondary N) is 1. The second-order valence-electron chi connectivity index (χ2n) is 7.28. The molecule has 160 valence electrons. The molecule has 0 aliphatic rings. The molecule has 0 saturated heterocycles. The lowest BCUT2D eigenvalue weighted by Crippen LogP contribution is -2.17. The summed E-state index contributed by atoms with van der Waals surface area (Å²) in [4.78, 5) is 37.8. The van der Waals surface area contributed by atoms with E-state index in [-0.39, 0.29) is 12.4 Å². The van der Waals surface area contributed by atoms with Crippen molar-refractivity contribution in [3.05, 3.63) is 52.6 Å². The van der Waals surface area contributed by atoms with Crippen LogP contribution < -0.4 is 0 Å². The maximum atomic E-state index is 13.2. The van der Waals surface area contributed by atoms with E-state index in [1.54, 1.807) is 25.3 Å². The highest BCUT2D eigenvalue weighted by Crippen LogP contribution is 2.29. The molecule has 0 radical (unpaired) electrons. The molecule has 1 aromatic carbocycles. The predicted octanol–water partition coefficient (Wildman–Crippen LogP) is 4.07. The fourth-order valence-electron chi connectivity index (χ4n) is 3.63. The summed E-state index contributed by atoms with van der Waals surface area (Å²) in [6.45, 7) is 9.20. The van der Waals surface area contributed by atoms with E-state index < -0.39 is 11.2 Å². The Hall–Kier alpha value is -3.20. The third-order valence-corrected chi connectivity index (χ3v) is 6.11. The van der Waals surface area contributed by atoms with Crippen molar-refractivity contribution in [3.8, 4) is 0 Å². The number of thioether (sulfide) groups is 1. The number of para-hydroxylation sites is 1. The molecule has 0 aliphatic heterocycles. The number of aromatic amines is 1. The number of H-pyrrole nitrogens is 1. The Bertz CT molecular complexity index is 1320. The van der Waals surface area contributed by atoms with Crippen LogP contribution >= 0.6 is 11.8 Å². The maximum absolute atomic E-state index is 13.2. The van der Waals surface area contributed by atoms with Crippen molar-refractivity contribution in [3.63, 3.8) is 0 Å². The highest BCUT2D eigenvalue weighted by atomic mass is 32.2. The molecule has 0 amide bonds. The number of Topliss-reactive ketones (excluding diaryl/α,β-unsaturated/α-hetero) is 1. The molecule has 1 atom stereocenters. The van der Waals surface area contributed by atoms with Gasteiger partial charge < -0.3 is 9.72 Å². The zero-order chi connectivity index (χ0) is 22.3. The summed E-state index contributed by atoms with van der Waals surface area (Å²) in [7, 11) is 0. The summed E-state index contributed by atoms with van der Waals surface area (Å²) in [5.74, 6) is 0.0825. The average Bonchev–Trinajstić information content (AvgIpc) is 3.27. The summed E-state index contributed by atoms with van der Waals surface area (Å²) in [5.41, 5.74) is 3.55. The summed E-state index contributed by atoms with van der Waals surface area (Å²) in [5, 5.41) is 5.49. The number of aromatic nitrogens is 5. The number of ketones is 1. The van der Waals surface area contributed by atoms with E-state index in [2.05, 4.69) is 15.1 Å². The number of aryl methyl sites for hydroxylation is 2. The lowest BCUT2D eigenvalue weighted by Gasteiger charge is -2.11. The van der Waals surface area contributed by atoms with Gasteiger partial charge in [-0.15, -0.1) is 5.10 Å². The SMILES string of the molecule is CCOC(=O)c1c(C)[nH]c(C(=O)[C@@H](C)Sc2nc3ccccc3c3nc(C)nn23)c1C. The summed E-state index contributed by atoms with van der Waals surface area (Å²) < 4.78 is 6.81. The largest absolute Gasteiger partial charge is 0.462 e. The molecule has 8 nitrogen and oxygen atoms in total. The Morgan fingerprint density at radius 3 is 2.68 bits per heavy atom. The molecule has 1 N–H and O–H groups in total. The van der Waals surface area contributed by atoms with E-state index in [0.717, 1.165) is 10.9 Å². The Labute approximate surface area is 183 Å². The number of nitrogens with zero attached hydrogens (tertiary/aromatic N) is 4. The molecule has 0 aliphatic carbocycles. The minimum atomic E-state index is -0.465. The molecule has 0 bridgehead atoms. The van der Waals surface area contributed by atoms with Gasteiger partial charge in [-0.3, -0.25) is 4.79 Å². The molecule has 3 aromatic heterocycles. The molecule has 0 fully saturated rings. The van der Waals surface area contributed by atoms with Gasteiger partial charge in [0.15, 0.2) is 16.6 Å². The average molecular weight is 438 g/mol. The Morgan fingerprint density at radius 1 is 1.19 bits per heavy atom. The Morgan fingerprint density at radius 2 is 1.94 bits per heavy atom. The number of benzene rings is 1. The molecule has 0 unspecified atom stereocenters. The first-order valence-corrected chi connectivity index (χ1v) is 10.9. The van der Waals surface area contributed by atoms with Crippen LogP contribution in [0.3, 0.4) is 0 Å². The van der Waals surface area contributed by atoms with Crippen LogP contribution in [-0.4, -0.2) is 48.2 Å². The van der Waals surface area contributed by atoms with E-state index in [0.29, 0.717) is 39.1 Å². The highest BCUT2D eigenvalue weighted by molar-refractivity contribution is 8.00. The molecular weight excluding hydrogens is 414 g/mol. The second kappa shape index (κ2) is 8.14. The van der Waals surface area contributed by atoms with Crippen LogP contribution in [0.4, 0.5) is 0 Å². The zero-order valence-corrected chi connectivity index (χ0v) is 18.8. The van der Waals surface area contributed by atoms with E-state index in [1.165, 1.54) is 11.8 Å². The number of esters is 1. The van der Waals surface area contributed by atoms with Crippen LogP contribution in [0.25, 0.3) is 16.6 Å². The van der Waals surface area contributed by atoms with Crippen molar-refractivity contribution in [2.45, 2.75) is 45.0 Å². The standard InChI is InChI=1S/C22H23N5O3S/c1-6-30-21(29)17-11(2)18(23-12(17)3)19(28)13(4)31-22-25-16-10-8-7-9-15(16)20-24-14(5)26-27(20)22/h7-10,13,23H,6H2,1-5H3/t13-/m1/s1. The third kappa shape index (κ3) is 3.69. The van der Waals surface area contributed by atoms with Gasteiger partial charge >= 0.3 is 5.97 Å². The molecule has 31 heavy (non-hydrogen) atoms. The predicted molar refractivity (Wildman–Crippen MR) is 119 cm³/mol. The van der Waals surface area contributed by atoms with Gasteiger partial charge in [0.2, 0.25) is 0 Å². The molecule has 3 heterocycles.